The molecule has 2 amide bonds. The lowest BCUT2D eigenvalue weighted by atomic mass is 9.96. The lowest BCUT2D eigenvalue weighted by Crippen LogP contribution is -2.47. The minimum Gasteiger partial charge on any atom is -0.467 e. The first kappa shape index (κ1) is 20.7. The number of rotatable bonds is 7. The summed E-state index contributed by atoms with van der Waals surface area (Å²) in [4.78, 5) is 38.2. The molecule has 0 saturated carbocycles. The molecule has 0 saturated heterocycles. The van der Waals surface area contributed by atoms with Gasteiger partial charge in [-0.1, -0.05) is 45.9 Å². The van der Waals surface area contributed by atoms with Gasteiger partial charge in [0.05, 0.1) is 7.11 Å². The van der Waals surface area contributed by atoms with Gasteiger partial charge in [0.2, 0.25) is 11.8 Å². The number of methoxy groups -OCH3 is 1. The molecule has 0 unspecified atom stereocenters. The second-order valence-corrected chi connectivity index (χ2v) is 6.80. The van der Waals surface area contributed by atoms with E-state index in [1.165, 1.54) is 12.0 Å². The highest BCUT2D eigenvalue weighted by atomic mass is 16.5. The topological polar surface area (TPSA) is 75.7 Å². The van der Waals surface area contributed by atoms with Crippen molar-refractivity contribution in [2.75, 3.05) is 18.6 Å². The van der Waals surface area contributed by atoms with Crippen molar-refractivity contribution in [3.63, 3.8) is 0 Å². The number of ether oxygens (including phenoxy) is 1. The first-order valence-corrected chi connectivity index (χ1v) is 8.45. The fourth-order valence-electron chi connectivity index (χ4n) is 2.35. The van der Waals surface area contributed by atoms with Crippen molar-refractivity contribution >= 4 is 23.5 Å². The van der Waals surface area contributed by atoms with Gasteiger partial charge in [-0.15, -0.1) is 0 Å². The largest absolute Gasteiger partial charge is 0.467 e. The van der Waals surface area contributed by atoms with Crippen molar-refractivity contribution < 1.29 is 19.1 Å². The summed E-state index contributed by atoms with van der Waals surface area (Å²) < 4.78 is 4.84. The highest BCUT2D eigenvalue weighted by molar-refractivity contribution is 5.99. The number of amides is 2. The Kier molecular flexibility index (Phi) is 7.61. The summed E-state index contributed by atoms with van der Waals surface area (Å²) in [6, 6.07) is 8.31. The monoisotopic (exact) mass is 348 g/mol. The minimum absolute atomic E-state index is 0.101. The Morgan fingerprint density at radius 1 is 1.16 bits per heavy atom. The van der Waals surface area contributed by atoms with E-state index in [-0.39, 0.29) is 24.8 Å². The molecule has 6 heteroatoms. The average Bonchev–Trinajstić information content (AvgIpc) is 2.58. The summed E-state index contributed by atoms with van der Waals surface area (Å²) in [7, 11) is 1.31. The van der Waals surface area contributed by atoms with E-state index in [2.05, 4.69) is 5.32 Å². The van der Waals surface area contributed by atoms with Gasteiger partial charge in [-0.05, 0) is 18.6 Å². The maximum atomic E-state index is 12.8. The highest BCUT2D eigenvalue weighted by Gasteiger charge is 2.30. The molecule has 0 spiro atoms. The Labute approximate surface area is 149 Å². The summed E-state index contributed by atoms with van der Waals surface area (Å²) in [5, 5.41) is 2.76. The summed E-state index contributed by atoms with van der Waals surface area (Å²) in [6.45, 7) is 7.47. The predicted octanol–water partition coefficient (Wildman–Crippen LogP) is 2.52. The second kappa shape index (κ2) is 9.20. The molecule has 1 N–H and O–H groups in total. The maximum absolute atomic E-state index is 12.8. The number of carbonyl (C=O) groups is 3. The zero-order valence-corrected chi connectivity index (χ0v) is 15.7. The van der Waals surface area contributed by atoms with Gasteiger partial charge in [0, 0.05) is 24.1 Å². The summed E-state index contributed by atoms with van der Waals surface area (Å²) >= 11 is 0. The maximum Gasteiger partial charge on any atom is 0.328 e. The standard InChI is InChI=1S/C19H28N2O4/c1-6-15(17(23)25-5)21(14-10-8-7-9-11-14)16(22)12-13-20-18(24)19(2,3)4/h7-11,15H,6,12-13H2,1-5H3,(H,20,24)/t15-/m1/s1. The van der Waals surface area contributed by atoms with Crippen molar-refractivity contribution in [1.29, 1.82) is 0 Å². The Balaban J connectivity index is 2.91. The lowest BCUT2D eigenvalue weighted by molar-refractivity contribution is -0.143. The molecular formula is C19H28N2O4. The van der Waals surface area contributed by atoms with Crippen LogP contribution in [0.3, 0.4) is 0 Å². The molecule has 0 aliphatic carbocycles. The Hall–Kier alpha value is -2.37. The molecule has 6 nitrogen and oxygen atoms in total. The predicted molar refractivity (Wildman–Crippen MR) is 97.1 cm³/mol. The van der Waals surface area contributed by atoms with E-state index in [4.69, 9.17) is 4.74 Å². The van der Waals surface area contributed by atoms with Crippen LogP contribution in [0.5, 0.6) is 0 Å². The van der Waals surface area contributed by atoms with Crippen LogP contribution in [-0.4, -0.2) is 37.5 Å². The van der Waals surface area contributed by atoms with Crippen LogP contribution in [0.2, 0.25) is 0 Å². The summed E-state index contributed by atoms with van der Waals surface area (Å²) in [6.07, 6.45) is 0.534. The molecule has 0 aliphatic heterocycles. The van der Waals surface area contributed by atoms with Crippen molar-refractivity contribution in [2.45, 2.75) is 46.6 Å². The van der Waals surface area contributed by atoms with Crippen molar-refractivity contribution in [1.82, 2.24) is 5.32 Å². The average molecular weight is 348 g/mol. The van der Waals surface area contributed by atoms with E-state index in [1.807, 2.05) is 33.8 Å². The summed E-state index contributed by atoms with van der Waals surface area (Å²) in [5.74, 6) is -0.817. The number of nitrogens with one attached hydrogen (secondary N) is 1. The van der Waals surface area contributed by atoms with Crippen LogP contribution in [0.25, 0.3) is 0 Å². The fraction of sp³-hybridized carbons (Fsp3) is 0.526. The van der Waals surface area contributed by atoms with Gasteiger partial charge in [0.15, 0.2) is 0 Å². The van der Waals surface area contributed by atoms with E-state index < -0.39 is 17.4 Å². The van der Waals surface area contributed by atoms with Gasteiger partial charge in [-0.2, -0.15) is 0 Å². The van der Waals surface area contributed by atoms with E-state index in [0.29, 0.717) is 12.1 Å². The molecule has 1 rings (SSSR count). The minimum atomic E-state index is -0.696. The number of para-hydroxylation sites is 1. The number of hydrogen-bond donors (Lipinski definition) is 1. The van der Waals surface area contributed by atoms with Gasteiger partial charge in [0.1, 0.15) is 6.04 Å². The third kappa shape index (κ3) is 5.89. The molecule has 0 fully saturated rings. The molecule has 1 aromatic carbocycles. The third-order valence-corrected chi connectivity index (χ3v) is 3.78. The molecule has 0 radical (unpaired) electrons. The van der Waals surface area contributed by atoms with Gasteiger partial charge in [0.25, 0.3) is 0 Å². The van der Waals surface area contributed by atoms with Crippen LogP contribution in [0.1, 0.15) is 40.5 Å². The molecule has 0 heterocycles. The van der Waals surface area contributed by atoms with Crippen LogP contribution in [0.15, 0.2) is 30.3 Å². The van der Waals surface area contributed by atoms with E-state index >= 15 is 0 Å². The van der Waals surface area contributed by atoms with Crippen molar-refractivity contribution in [3.05, 3.63) is 30.3 Å². The van der Waals surface area contributed by atoms with Crippen LogP contribution in [0, 0.1) is 5.41 Å². The van der Waals surface area contributed by atoms with Crippen molar-refractivity contribution in [3.8, 4) is 0 Å². The normalized spacial score (nSPS) is 12.2. The Bertz CT molecular complexity index is 593. The Morgan fingerprint density at radius 2 is 1.76 bits per heavy atom. The molecule has 1 atom stereocenters. The quantitative estimate of drug-likeness (QED) is 0.768. The zero-order valence-electron chi connectivity index (χ0n) is 15.7. The summed E-state index contributed by atoms with van der Waals surface area (Å²) in [5.41, 5.74) is 0.118. The Morgan fingerprint density at radius 3 is 2.24 bits per heavy atom. The van der Waals surface area contributed by atoms with E-state index in [0.717, 1.165) is 0 Å². The number of carbonyl (C=O) groups excluding carboxylic acids is 3. The molecule has 0 aliphatic rings. The first-order valence-electron chi connectivity index (χ1n) is 8.45. The molecule has 1 aromatic rings. The molecular weight excluding hydrogens is 320 g/mol. The first-order chi connectivity index (χ1) is 11.7. The van der Waals surface area contributed by atoms with Gasteiger partial charge >= 0.3 is 5.97 Å². The molecule has 138 valence electrons. The highest BCUT2D eigenvalue weighted by Crippen LogP contribution is 2.20. The van der Waals surface area contributed by atoms with E-state index in [9.17, 15) is 14.4 Å². The fourth-order valence-corrected chi connectivity index (χ4v) is 2.35. The number of esters is 1. The molecule has 0 aromatic heterocycles. The molecule has 0 bridgehead atoms. The smallest absolute Gasteiger partial charge is 0.328 e. The number of hydrogen-bond acceptors (Lipinski definition) is 4. The second-order valence-electron chi connectivity index (χ2n) is 6.80. The van der Waals surface area contributed by atoms with Crippen LogP contribution < -0.4 is 10.2 Å². The third-order valence-electron chi connectivity index (χ3n) is 3.78. The molecule has 25 heavy (non-hydrogen) atoms. The lowest BCUT2D eigenvalue weighted by Gasteiger charge is -2.29. The SMILES string of the molecule is CC[C@H](C(=O)OC)N(C(=O)CCNC(=O)C(C)(C)C)c1ccccc1. The van der Waals surface area contributed by atoms with E-state index in [1.54, 1.807) is 24.3 Å². The zero-order chi connectivity index (χ0) is 19.0. The number of nitrogens with zero attached hydrogens (tertiary/aromatic N) is 1. The number of benzene rings is 1. The van der Waals surface area contributed by atoms with Crippen molar-refractivity contribution in [2.24, 2.45) is 5.41 Å². The van der Waals surface area contributed by atoms with Gasteiger partial charge < -0.3 is 10.1 Å². The number of anilines is 1. The van der Waals surface area contributed by atoms with Crippen LogP contribution >= 0.6 is 0 Å². The van der Waals surface area contributed by atoms with Crippen LogP contribution in [0.4, 0.5) is 5.69 Å². The van der Waals surface area contributed by atoms with Gasteiger partial charge in [-0.25, -0.2) is 4.79 Å². The van der Waals surface area contributed by atoms with Crippen LogP contribution in [-0.2, 0) is 19.1 Å². The van der Waals surface area contributed by atoms with Gasteiger partial charge in [-0.3, -0.25) is 14.5 Å².